The van der Waals surface area contributed by atoms with Crippen molar-refractivity contribution in [3.63, 3.8) is 0 Å². The van der Waals surface area contributed by atoms with Crippen LogP contribution < -0.4 is 4.74 Å². The highest BCUT2D eigenvalue weighted by molar-refractivity contribution is 5.72. The molecule has 0 radical (unpaired) electrons. The van der Waals surface area contributed by atoms with Gasteiger partial charge in [-0.05, 0) is 31.4 Å². The average molecular weight is 240 g/mol. The van der Waals surface area contributed by atoms with Crippen molar-refractivity contribution in [3.8, 4) is 5.75 Å². The van der Waals surface area contributed by atoms with E-state index in [0.717, 1.165) is 18.4 Å². The van der Waals surface area contributed by atoms with Gasteiger partial charge in [0.05, 0.1) is 0 Å². The molecule has 0 bridgehead atoms. The molecular formula is C13H17FO3. The van der Waals surface area contributed by atoms with Crippen LogP contribution in [0.5, 0.6) is 5.75 Å². The summed E-state index contributed by atoms with van der Waals surface area (Å²) in [7, 11) is 0. The van der Waals surface area contributed by atoms with E-state index in [4.69, 9.17) is 9.84 Å². The Hall–Kier alpha value is -1.58. The Morgan fingerprint density at radius 3 is 2.82 bits per heavy atom. The van der Waals surface area contributed by atoms with Crippen molar-refractivity contribution in [2.24, 2.45) is 0 Å². The molecule has 17 heavy (non-hydrogen) atoms. The van der Waals surface area contributed by atoms with Gasteiger partial charge in [-0.3, -0.25) is 0 Å². The molecule has 3 nitrogen and oxygen atoms in total. The number of aliphatic carboxylic acids is 1. The predicted molar refractivity (Wildman–Crippen MR) is 62.7 cm³/mol. The number of carboxylic acid groups (broad SMARTS) is 1. The fourth-order valence-corrected chi connectivity index (χ4v) is 1.48. The van der Waals surface area contributed by atoms with Crippen LogP contribution >= 0.6 is 0 Å². The summed E-state index contributed by atoms with van der Waals surface area (Å²) in [6, 6.07) is 4.12. The highest BCUT2D eigenvalue weighted by Gasteiger charge is 2.19. The molecule has 4 heteroatoms. The molecule has 0 aliphatic rings. The number of aryl methyl sites for hydroxylation is 1. The largest absolute Gasteiger partial charge is 0.479 e. The fraction of sp³-hybridized carbons (Fsp3) is 0.462. The van der Waals surface area contributed by atoms with Gasteiger partial charge in [-0.2, -0.15) is 0 Å². The molecule has 0 aliphatic heterocycles. The highest BCUT2D eigenvalue weighted by atomic mass is 19.1. The maximum Gasteiger partial charge on any atom is 0.344 e. The summed E-state index contributed by atoms with van der Waals surface area (Å²) in [4.78, 5) is 11.0. The molecule has 1 N–H and O–H groups in total. The molecule has 1 rings (SSSR count). The molecule has 1 aromatic carbocycles. The topological polar surface area (TPSA) is 46.5 Å². The van der Waals surface area contributed by atoms with Crippen LogP contribution in [0.1, 0.15) is 31.7 Å². The summed E-state index contributed by atoms with van der Waals surface area (Å²) >= 11 is 0. The molecule has 0 fully saturated rings. The number of benzene rings is 1. The van der Waals surface area contributed by atoms with Crippen molar-refractivity contribution in [1.29, 1.82) is 0 Å². The Balaban J connectivity index is 2.78. The van der Waals surface area contributed by atoms with Gasteiger partial charge in [0.15, 0.2) is 6.10 Å². The normalized spacial score (nSPS) is 12.2. The van der Waals surface area contributed by atoms with Crippen molar-refractivity contribution in [2.45, 2.75) is 39.2 Å². The molecular weight excluding hydrogens is 223 g/mol. The van der Waals surface area contributed by atoms with Crippen molar-refractivity contribution >= 4 is 5.97 Å². The number of hydrogen-bond donors (Lipinski definition) is 1. The SMILES string of the molecule is CCCCC(Oc1cc(F)ccc1C)C(=O)O. The van der Waals surface area contributed by atoms with Gasteiger partial charge in [0, 0.05) is 6.07 Å². The molecule has 0 saturated carbocycles. The van der Waals surface area contributed by atoms with Gasteiger partial charge in [0.2, 0.25) is 0 Å². The summed E-state index contributed by atoms with van der Waals surface area (Å²) in [6.07, 6.45) is 1.19. The highest BCUT2D eigenvalue weighted by Crippen LogP contribution is 2.21. The lowest BCUT2D eigenvalue weighted by Gasteiger charge is -2.16. The second-order valence-electron chi connectivity index (χ2n) is 4.00. The van der Waals surface area contributed by atoms with Crippen LogP contribution in [-0.2, 0) is 4.79 Å². The van der Waals surface area contributed by atoms with Gasteiger partial charge >= 0.3 is 5.97 Å². The minimum Gasteiger partial charge on any atom is -0.479 e. The lowest BCUT2D eigenvalue weighted by Crippen LogP contribution is -2.27. The Morgan fingerprint density at radius 2 is 2.24 bits per heavy atom. The summed E-state index contributed by atoms with van der Waals surface area (Å²) in [6.45, 7) is 3.74. The third-order valence-electron chi connectivity index (χ3n) is 2.51. The number of unbranched alkanes of at least 4 members (excludes halogenated alkanes) is 1. The molecule has 0 spiro atoms. The zero-order valence-corrected chi connectivity index (χ0v) is 10.1. The summed E-state index contributed by atoms with van der Waals surface area (Å²) in [5.74, 6) is -1.14. The van der Waals surface area contributed by atoms with Gasteiger partial charge < -0.3 is 9.84 Å². The smallest absolute Gasteiger partial charge is 0.344 e. The molecule has 0 aromatic heterocycles. The fourth-order valence-electron chi connectivity index (χ4n) is 1.48. The zero-order valence-electron chi connectivity index (χ0n) is 10.1. The minimum atomic E-state index is -1.01. The number of rotatable bonds is 6. The van der Waals surface area contributed by atoms with Crippen LogP contribution in [0, 0.1) is 12.7 Å². The monoisotopic (exact) mass is 240 g/mol. The van der Waals surface area contributed by atoms with E-state index in [2.05, 4.69) is 0 Å². The maximum absolute atomic E-state index is 13.0. The molecule has 0 aliphatic carbocycles. The summed E-state index contributed by atoms with van der Waals surface area (Å²) in [5.41, 5.74) is 0.731. The standard InChI is InChI=1S/C13H17FO3/c1-3-4-5-11(13(15)16)17-12-8-10(14)7-6-9(12)2/h6-8,11H,3-5H2,1-2H3,(H,15,16). The number of hydrogen-bond acceptors (Lipinski definition) is 2. The first-order valence-corrected chi connectivity index (χ1v) is 5.70. The lowest BCUT2D eigenvalue weighted by molar-refractivity contribution is -0.145. The second-order valence-corrected chi connectivity index (χ2v) is 4.00. The van der Waals surface area contributed by atoms with E-state index >= 15 is 0 Å². The Bertz CT molecular complexity index is 390. The third-order valence-corrected chi connectivity index (χ3v) is 2.51. The van der Waals surface area contributed by atoms with Crippen molar-refractivity contribution in [3.05, 3.63) is 29.6 Å². The van der Waals surface area contributed by atoms with Crippen LogP contribution in [0.2, 0.25) is 0 Å². The van der Waals surface area contributed by atoms with Crippen LogP contribution in [0.3, 0.4) is 0 Å². The van der Waals surface area contributed by atoms with Crippen LogP contribution in [0.4, 0.5) is 4.39 Å². The molecule has 0 heterocycles. The molecule has 1 unspecified atom stereocenters. The van der Waals surface area contributed by atoms with E-state index in [-0.39, 0.29) is 0 Å². The number of ether oxygens (including phenoxy) is 1. The minimum absolute atomic E-state index is 0.300. The van der Waals surface area contributed by atoms with Crippen molar-refractivity contribution in [2.75, 3.05) is 0 Å². The van der Waals surface area contributed by atoms with E-state index < -0.39 is 17.9 Å². The van der Waals surface area contributed by atoms with Crippen molar-refractivity contribution < 1.29 is 19.0 Å². The number of carboxylic acids is 1. The molecule has 1 aromatic rings. The van der Waals surface area contributed by atoms with E-state index in [1.165, 1.54) is 12.1 Å². The first-order chi connectivity index (χ1) is 8.04. The van der Waals surface area contributed by atoms with Gasteiger partial charge in [-0.15, -0.1) is 0 Å². The van der Waals surface area contributed by atoms with Crippen molar-refractivity contribution in [1.82, 2.24) is 0 Å². The second kappa shape index (κ2) is 6.23. The first kappa shape index (κ1) is 13.5. The quantitative estimate of drug-likeness (QED) is 0.830. The van der Waals surface area contributed by atoms with Gasteiger partial charge in [-0.25, -0.2) is 9.18 Å². The van der Waals surface area contributed by atoms with E-state index in [0.29, 0.717) is 12.2 Å². The van der Waals surface area contributed by atoms with Crippen LogP contribution in [0.25, 0.3) is 0 Å². The Morgan fingerprint density at radius 1 is 1.53 bits per heavy atom. The van der Waals surface area contributed by atoms with Crippen LogP contribution in [0.15, 0.2) is 18.2 Å². The maximum atomic E-state index is 13.0. The molecule has 1 atom stereocenters. The molecule has 94 valence electrons. The third kappa shape index (κ3) is 4.06. The van der Waals surface area contributed by atoms with Gasteiger partial charge in [0.1, 0.15) is 11.6 Å². The zero-order chi connectivity index (χ0) is 12.8. The Labute approximate surface area is 100 Å². The number of carbonyl (C=O) groups is 1. The average Bonchev–Trinajstić information content (AvgIpc) is 2.28. The molecule has 0 saturated heterocycles. The summed E-state index contributed by atoms with van der Waals surface area (Å²) in [5, 5.41) is 9.00. The van der Waals surface area contributed by atoms with Gasteiger partial charge in [-0.1, -0.05) is 19.4 Å². The first-order valence-electron chi connectivity index (χ1n) is 5.70. The van der Waals surface area contributed by atoms with E-state index in [9.17, 15) is 9.18 Å². The van der Waals surface area contributed by atoms with Gasteiger partial charge in [0.25, 0.3) is 0 Å². The predicted octanol–water partition coefficient (Wildman–Crippen LogP) is 3.16. The van der Waals surface area contributed by atoms with E-state index in [1.54, 1.807) is 13.0 Å². The Kier molecular flexibility index (Phi) is 4.94. The van der Waals surface area contributed by atoms with Crippen LogP contribution in [-0.4, -0.2) is 17.2 Å². The lowest BCUT2D eigenvalue weighted by atomic mass is 10.1. The number of halogens is 1. The van der Waals surface area contributed by atoms with E-state index in [1.807, 2.05) is 6.92 Å². The molecule has 0 amide bonds. The summed E-state index contributed by atoms with van der Waals surface area (Å²) < 4.78 is 18.4.